The van der Waals surface area contributed by atoms with E-state index in [2.05, 4.69) is 34.4 Å². The van der Waals surface area contributed by atoms with Crippen molar-refractivity contribution < 1.29 is 4.79 Å². The van der Waals surface area contributed by atoms with E-state index in [-0.39, 0.29) is 5.91 Å². The van der Waals surface area contributed by atoms with Gasteiger partial charge in [-0.05, 0) is 46.4 Å². The fourth-order valence-corrected chi connectivity index (χ4v) is 2.00. The molecule has 0 bridgehead atoms. The predicted octanol–water partition coefficient (Wildman–Crippen LogP) is 2.25. The molecule has 1 heterocycles. The number of hydrogen-bond donors (Lipinski definition) is 2. The molecular weight excluding hydrogens is 252 g/mol. The van der Waals surface area contributed by atoms with Crippen LogP contribution < -0.4 is 15.5 Å². The molecular formula is C15H26N4O. The van der Waals surface area contributed by atoms with Crippen LogP contribution in [0.4, 0.5) is 11.5 Å². The quantitative estimate of drug-likeness (QED) is 0.803. The molecule has 0 aliphatic heterocycles. The van der Waals surface area contributed by atoms with E-state index < -0.39 is 5.54 Å². The maximum absolute atomic E-state index is 12.1. The summed E-state index contributed by atoms with van der Waals surface area (Å²) in [5.41, 5.74) is 0.128. The predicted molar refractivity (Wildman–Crippen MR) is 84.2 cm³/mol. The number of anilines is 2. The van der Waals surface area contributed by atoms with Crippen LogP contribution in [0.3, 0.4) is 0 Å². The molecule has 5 nitrogen and oxygen atoms in total. The first-order chi connectivity index (χ1) is 9.44. The summed E-state index contributed by atoms with van der Waals surface area (Å²) in [6.45, 7) is 12.5. The van der Waals surface area contributed by atoms with E-state index in [1.165, 1.54) is 0 Å². The van der Waals surface area contributed by atoms with Gasteiger partial charge >= 0.3 is 0 Å². The number of carbonyl (C=O) groups is 1. The van der Waals surface area contributed by atoms with E-state index in [0.717, 1.165) is 31.1 Å². The molecule has 1 rings (SSSR count). The van der Waals surface area contributed by atoms with Gasteiger partial charge in [0.05, 0.1) is 17.4 Å². The summed E-state index contributed by atoms with van der Waals surface area (Å²) in [7, 11) is 0. The molecule has 20 heavy (non-hydrogen) atoms. The first-order valence-electron chi connectivity index (χ1n) is 7.22. The van der Waals surface area contributed by atoms with Crippen LogP contribution in [0, 0.1) is 0 Å². The lowest BCUT2D eigenvalue weighted by molar-refractivity contribution is -0.121. The second-order valence-corrected chi connectivity index (χ2v) is 5.19. The van der Waals surface area contributed by atoms with Crippen molar-refractivity contribution in [2.24, 2.45) is 0 Å². The van der Waals surface area contributed by atoms with Gasteiger partial charge < -0.3 is 15.5 Å². The molecule has 0 fully saturated rings. The minimum absolute atomic E-state index is 0.0586. The maximum Gasteiger partial charge on any atom is 0.244 e. The summed E-state index contributed by atoms with van der Waals surface area (Å²) in [6, 6.07) is 3.82. The smallest absolute Gasteiger partial charge is 0.244 e. The van der Waals surface area contributed by atoms with Crippen LogP contribution in [0.2, 0.25) is 0 Å². The van der Waals surface area contributed by atoms with E-state index in [9.17, 15) is 4.79 Å². The molecule has 0 atom stereocenters. The lowest BCUT2D eigenvalue weighted by Gasteiger charge is -2.24. The van der Waals surface area contributed by atoms with Gasteiger partial charge in [0.25, 0.3) is 0 Å². The van der Waals surface area contributed by atoms with Crippen LogP contribution in [0.25, 0.3) is 0 Å². The molecule has 0 aliphatic rings. The summed E-state index contributed by atoms with van der Waals surface area (Å²) in [5.74, 6) is 0.871. The number of amides is 1. The van der Waals surface area contributed by atoms with Crippen LogP contribution >= 0.6 is 0 Å². The Labute approximate surface area is 121 Å². The molecule has 0 saturated heterocycles. The number of hydrogen-bond acceptors (Lipinski definition) is 4. The van der Waals surface area contributed by atoms with Crippen molar-refractivity contribution in [3.05, 3.63) is 18.3 Å². The highest BCUT2D eigenvalue weighted by Crippen LogP contribution is 2.15. The van der Waals surface area contributed by atoms with Crippen molar-refractivity contribution in [3.8, 4) is 0 Å². The Morgan fingerprint density at radius 2 is 1.90 bits per heavy atom. The van der Waals surface area contributed by atoms with Crippen LogP contribution in [-0.2, 0) is 4.79 Å². The van der Waals surface area contributed by atoms with E-state index in [0.29, 0.717) is 0 Å². The molecule has 0 saturated carbocycles. The Kier molecular flexibility index (Phi) is 5.95. The van der Waals surface area contributed by atoms with Gasteiger partial charge in [0.2, 0.25) is 5.91 Å². The molecule has 0 aliphatic carbocycles. The molecule has 112 valence electrons. The highest BCUT2D eigenvalue weighted by molar-refractivity contribution is 5.97. The number of likely N-dealkylation sites (N-methyl/N-ethyl adjacent to an activating group) is 1. The average Bonchev–Trinajstić information content (AvgIpc) is 2.42. The largest absolute Gasteiger partial charge is 0.357 e. The fraction of sp³-hybridized carbons (Fsp3) is 0.600. The van der Waals surface area contributed by atoms with Crippen LogP contribution in [-0.4, -0.2) is 36.1 Å². The minimum Gasteiger partial charge on any atom is -0.357 e. The normalized spacial score (nSPS) is 11.2. The SMILES string of the molecule is CCNC(C)(C)C(=O)Nc1ccc(N(CC)CC)nc1. The fourth-order valence-electron chi connectivity index (χ4n) is 2.00. The second-order valence-electron chi connectivity index (χ2n) is 5.19. The first-order valence-corrected chi connectivity index (χ1v) is 7.22. The number of carbonyl (C=O) groups excluding carboxylic acids is 1. The summed E-state index contributed by atoms with van der Waals surface area (Å²) in [6.07, 6.45) is 1.70. The maximum atomic E-state index is 12.1. The second kappa shape index (κ2) is 7.24. The number of pyridine rings is 1. The van der Waals surface area contributed by atoms with E-state index in [4.69, 9.17) is 0 Å². The van der Waals surface area contributed by atoms with Crippen molar-refractivity contribution in [2.75, 3.05) is 29.9 Å². The van der Waals surface area contributed by atoms with Gasteiger partial charge in [0.1, 0.15) is 5.82 Å². The van der Waals surface area contributed by atoms with E-state index >= 15 is 0 Å². The van der Waals surface area contributed by atoms with Crippen LogP contribution in [0.1, 0.15) is 34.6 Å². The molecule has 0 aromatic carbocycles. The van der Waals surface area contributed by atoms with Gasteiger partial charge in [-0.15, -0.1) is 0 Å². The minimum atomic E-state index is -0.591. The molecule has 1 amide bonds. The zero-order valence-electron chi connectivity index (χ0n) is 13.2. The third kappa shape index (κ3) is 4.20. The van der Waals surface area contributed by atoms with E-state index in [1.54, 1.807) is 6.20 Å². The summed E-state index contributed by atoms with van der Waals surface area (Å²) in [4.78, 5) is 18.7. The van der Waals surface area contributed by atoms with Gasteiger partial charge in [0, 0.05) is 13.1 Å². The van der Waals surface area contributed by atoms with Crippen molar-refractivity contribution in [1.82, 2.24) is 10.3 Å². The highest BCUT2D eigenvalue weighted by atomic mass is 16.2. The van der Waals surface area contributed by atoms with Gasteiger partial charge in [0.15, 0.2) is 0 Å². The van der Waals surface area contributed by atoms with Crippen molar-refractivity contribution >= 4 is 17.4 Å². The number of aromatic nitrogens is 1. The third-order valence-electron chi connectivity index (χ3n) is 3.28. The number of rotatable bonds is 7. The molecule has 5 heteroatoms. The Morgan fingerprint density at radius 3 is 2.35 bits per heavy atom. The van der Waals surface area contributed by atoms with Crippen molar-refractivity contribution in [1.29, 1.82) is 0 Å². The number of nitrogens with zero attached hydrogens (tertiary/aromatic N) is 2. The average molecular weight is 278 g/mol. The summed E-state index contributed by atoms with van der Waals surface area (Å²) >= 11 is 0. The zero-order valence-corrected chi connectivity index (χ0v) is 13.2. The molecule has 0 unspecified atom stereocenters. The Bertz CT molecular complexity index is 424. The number of nitrogens with one attached hydrogen (secondary N) is 2. The third-order valence-corrected chi connectivity index (χ3v) is 3.28. The molecule has 1 aromatic heterocycles. The van der Waals surface area contributed by atoms with Gasteiger partial charge in [-0.25, -0.2) is 4.98 Å². The van der Waals surface area contributed by atoms with E-state index in [1.807, 2.05) is 32.9 Å². The van der Waals surface area contributed by atoms with Crippen molar-refractivity contribution in [2.45, 2.75) is 40.2 Å². The summed E-state index contributed by atoms with van der Waals surface area (Å²) < 4.78 is 0. The Hall–Kier alpha value is -1.62. The monoisotopic (exact) mass is 278 g/mol. The van der Waals surface area contributed by atoms with Gasteiger partial charge in [-0.1, -0.05) is 6.92 Å². The standard InChI is InChI=1S/C15H26N4O/c1-6-17-15(4,5)14(20)18-12-9-10-13(16-11-12)19(7-2)8-3/h9-11,17H,6-8H2,1-5H3,(H,18,20). The highest BCUT2D eigenvalue weighted by Gasteiger charge is 2.26. The topological polar surface area (TPSA) is 57.3 Å². The molecule has 2 N–H and O–H groups in total. The molecule has 0 spiro atoms. The lowest BCUT2D eigenvalue weighted by atomic mass is 10.0. The Balaban J connectivity index is 2.73. The lowest BCUT2D eigenvalue weighted by Crippen LogP contribution is -2.49. The molecule has 0 radical (unpaired) electrons. The zero-order chi connectivity index (χ0) is 15.2. The van der Waals surface area contributed by atoms with Gasteiger partial charge in [-0.3, -0.25) is 4.79 Å². The summed E-state index contributed by atoms with van der Waals surface area (Å²) in [5, 5.41) is 6.04. The van der Waals surface area contributed by atoms with Crippen LogP contribution in [0.15, 0.2) is 18.3 Å². The Morgan fingerprint density at radius 1 is 1.25 bits per heavy atom. The first kappa shape index (κ1) is 16.4. The van der Waals surface area contributed by atoms with Gasteiger partial charge in [-0.2, -0.15) is 0 Å². The molecule has 1 aromatic rings. The van der Waals surface area contributed by atoms with Crippen molar-refractivity contribution in [3.63, 3.8) is 0 Å². The van der Waals surface area contributed by atoms with Crippen LogP contribution in [0.5, 0.6) is 0 Å².